The smallest absolute Gasteiger partial charge is 0.305 e. The van der Waals surface area contributed by atoms with Crippen molar-refractivity contribution in [1.29, 1.82) is 0 Å². The summed E-state index contributed by atoms with van der Waals surface area (Å²) in [5.74, 6) is -4.00. The monoisotopic (exact) mass is 531 g/mol. The first-order valence-corrected chi connectivity index (χ1v) is 10.9. The molecule has 0 aromatic heterocycles. The Hall–Kier alpha value is -3.15. The quantitative estimate of drug-likeness (QED) is 0.315. The topological polar surface area (TPSA) is 144 Å². The van der Waals surface area contributed by atoms with Gasteiger partial charge in [0.05, 0.1) is 0 Å². The maximum atomic E-state index is 12.7. The lowest BCUT2D eigenvalue weighted by Crippen LogP contribution is -2.66. The largest absolute Gasteiger partial charge is 0.456 e. The molecule has 0 aliphatic carbocycles. The first-order valence-electron chi connectivity index (χ1n) is 10.2. The third kappa shape index (κ3) is 8.53. The highest BCUT2D eigenvalue weighted by molar-refractivity contribution is 6.35. The van der Waals surface area contributed by atoms with Gasteiger partial charge in [-0.2, -0.15) is 0 Å². The maximum Gasteiger partial charge on any atom is 0.305 e. The van der Waals surface area contributed by atoms with Crippen LogP contribution in [-0.2, 0) is 47.7 Å². The number of ether oxygens (including phenoxy) is 5. The Balaban J connectivity index is 2.40. The molecule has 0 radical (unpaired) electrons. The molecule has 1 N–H and O–H groups in total. The number of nitrogens with one attached hydrogen (secondary N) is 1. The minimum Gasteiger partial charge on any atom is -0.456 e. The van der Waals surface area contributed by atoms with Gasteiger partial charge in [-0.15, -0.1) is 0 Å². The number of rotatable bonds is 7. The summed E-state index contributed by atoms with van der Waals surface area (Å²) in [5.41, 5.74) is 0.479. The highest BCUT2D eigenvalue weighted by Gasteiger charge is 2.53. The van der Waals surface area contributed by atoms with Crippen molar-refractivity contribution in [1.82, 2.24) is 5.32 Å². The van der Waals surface area contributed by atoms with Crippen LogP contribution in [0.1, 0.15) is 33.3 Å². The van der Waals surface area contributed by atoms with E-state index in [4.69, 9.17) is 46.9 Å². The lowest BCUT2D eigenvalue weighted by molar-refractivity contribution is -0.314. The summed E-state index contributed by atoms with van der Waals surface area (Å²) in [4.78, 5) is 59.5. The number of hydrogen-bond donors (Lipinski definition) is 1. The molecule has 35 heavy (non-hydrogen) atoms. The summed E-state index contributed by atoms with van der Waals surface area (Å²) in [6.07, 6.45) is -3.64. The second kappa shape index (κ2) is 12.5. The lowest BCUT2D eigenvalue weighted by atomic mass is 10.00. The zero-order valence-electron chi connectivity index (χ0n) is 19.1. The zero-order valence-corrected chi connectivity index (χ0v) is 20.6. The zero-order chi connectivity index (χ0) is 26.3. The van der Waals surface area contributed by atoms with Crippen molar-refractivity contribution in [2.24, 2.45) is 0 Å². The number of carbonyl (C=O) groups is 5. The molecule has 1 aromatic carbocycles. The number of carbonyl (C=O) groups excluding carboxylic acids is 5. The van der Waals surface area contributed by atoms with Crippen molar-refractivity contribution in [2.75, 3.05) is 0 Å². The highest BCUT2D eigenvalue weighted by Crippen LogP contribution is 2.28. The summed E-state index contributed by atoms with van der Waals surface area (Å²) in [5, 5.41) is 3.20. The van der Waals surface area contributed by atoms with Gasteiger partial charge in [-0.1, -0.05) is 29.3 Å². The van der Waals surface area contributed by atoms with Crippen LogP contribution in [0.25, 0.3) is 6.08 Å². The molecule has 1 saturated heterocycles. The molecule has 1 fully saturated rings. The summed E-state index contributed by atoms with van der Waals surface area (Å²) in [7, 11) is 0. The predicted octanol–water partition coefficient (Wildman–Crippen LogP) is 2.16. The third-order valence-electron chi connectivity index (χ3n) is 4.36. The van der Waals surface area contributed by atoms with Crippen molar-refractivity contribution >= 4 is 59.1 Å². The van der Waals surface area contributed by atoms with E-state index in [0.29, 0.717) is 10.6 Å². The van der Waals surface area contributed by atoms with Gasteiger partial charge in [-0.05, 0) is 23.8 Å². The van der Waals surface area contributed by atoms with Crippen LogP contribution in [0.5, 0.6) is 0 Å². The molecule has 1 aliphatic rings. The number of benzene rings is 1. The second-order valence-electron chi connectivity index (χ2n) is 7.27. The van der Waals surface area contributed by atoms with Gasteiger partial charge in [-0.3, -0.25) is 28.7 Å². The molecular weight excluding hydrogens is 509 g/mol. The molecule has 0 unspecified atom stereocenters. The molecule has 5 atom stereocenters. The fraction of sp³-hybridized carbons (Fsp3) is 0.409. The van der Waals surface area contributed by atoms with E-state index < -0.39 is 60.6 Å². The van der Waals surface area contributed by atoms with E-state index in [0.717, 1.165) is 33.8 Å². The summed E-state index contributed by atoms with van der Waals surface area (Å²) in [6.45, 7) is 4.28. The van der Waals surface area contributed by atoms with Crippen molar-refractivity contribution in [3.05, 3.63) is 39.9 Å². The van der Waals surface area contributed by atoms with Gasteiger partial charge >= 0.3 is 23.9 Å². The molecule has 1 aliphatic heterocycles. The summed E-state index contributed by atoms with van der Waals surface area (Å²) in [6, 6.07) is 3.28. The van der Waals surface area contributed by atoms with Crippen LogP contribution < -0.4 is 5.32 Å². The first kappa shape index (κ1) is 28.1. The predicted molar refractivity (Wildman–Crippen MR) is 121 cm³/mol. The molecular formula is C22H23Cl2NO10. The average Bonchev–Trinajstić information content (AvgIpc) is 2.71. The fourth-order valence-electron chi connectivity index (χ4n) is 3.14. The Bertz CT molecular complexity index is 1030. The Morgan fingerprint density at radius 2 is 1.37 bits per heavy atom. The normalized spacial score (nSPS) is 23.8. The van der Waals surface area contributed by atoms with Crippen LogP contribution in [0.2, 0.25) is 10.0 Å². The van der Waals surface area contributed by atoms with Gasteiger partial charge in [-0.25, -0.2) is 0 Å². The third-order valence-corrected chi connectivity index (χ3v) is 4.92. The van der Waals surface area contributed by atoms with Crippen molar-refractivity contribution < 1.29 is 47.7 Å². The van der Waals surface area contributed by atoms with Crippen LogP contribution >= 0.6 is 23.2 Å². The van der Waals surface area contributed by atoms with E-state index in [1.807, 2.05) is 0 Å². The van der Waals surface area contributed by atoms with Gasteiger partial charge in [0.1, 0.15) is 6.04 Å². The Morgan fingerprint density at radius 3 is 1.91 bits per heavy atom. The molecule has 1 heterocycles. The molecule has 11 nitrogen and oxygen atoms in total. The molecule has 190 valence electrons. The van der Waals surface area contributed by atoms with Crippen LogP contribution in [0.4, 0.5) is 0 Å². The van der Waals surface area contributed by atoms with Crippen molar-refractivity contribution in [2.45, 2.75) is 58.5 Å². The molecule has 13 heteroatoms. The van der Waals surface area contributed by atoms with Gasteiger partial charge in [0.2, 0.25) is 24.6 Å². The van der Waals surface area contributed by atoms with Crippen molar-refractivity contribution in [3.8, 4) is 0 Å². The fourth-order valence-corrected chi connectivity index (χ4v) is 3.61. The van der Waals surface area contributed by atoms with Crippen LogP contribution in [0, 0.1) is 0 Å². The van der Waals surface area contributed by atoms with Gasteiger partial charge in [0.15, 0.2) is 6.10 Å². The van der Waals surface area contributed by atoms with Crippen LogP contribution in [-0.4, -0.2) is 60.6 Å². The molecule has 0 saturated carbocycles. The Kier molecular flexibility index (Phi) is 10.1. The van der Waals surface area contributed by atoms with Crippen LogP contribution in [0.3, 0.4) is 0 Å². The number of halogens is 2. The minimum atomic E-state index is -1.61. The lowest BCUT2D eigenvalue weighted by Gasteiger charge is -2.43. The summed E-state index contributed by atoms with van der Waals surface area (Å²) >= 11 is 12.0. The number of amides is 1. The van der Waals surface area contributed by atoms with E-state index in [2.05, 4.69) is 5.32 Å². The van der Waals surface area contributed by atoms with Gasteiger partial charge < -0.3 is 24.3 Å². The van der Waals surface area contributed by atoms with E-state index in [1.54, 1.807) is 12.1 Å². The maximum absolute atomic E-state index is 12.7. The van der Waals surface area contributed by atoms with E-state index >= 15 is 0 Å². The molecule has 1 amide bonds. The molecule has 0 bridgehead atoms. The Labute approximate surface area is 210 Å². The van der Waals surface area contributed by atoms with Gasteiger partial charge in [0.25, 0.3) is 0 Å². The molecule has 2 rings (SSSR count). The number of esters is 4. The minimum absolute atomic E-state index is 0.289. The van der Waals surface area contributed by atoms with E-state index in [9.17, 15) is 24.0 Å². The van der Waals surface area contributed by atoms with Gasteiger partial charge in [0, 0.05) is 43.8 Å². The Morgan fingerprint density at radius 1 is 0.829 bits per heavy atom. The van der Waals surface area contributed by atoms with E-state index in [1.165, 1.54) is 12.1 Å². The first-order chi connectivity index (χ1) is 16.4. The van der Waals surface area contributed by atoms with Crippen molar-refractivity contribution in [3.63, 3.8) is 0 Å². The standard InChI is InChI=1S/C22H23Cl2NO10/c1-10(26)31-19-18(25-17(30)8-6-14-5-7-15(23)9-16(14)24)21(33-12(3)28)35-22(34-13(4)29)20(19)32-11(2)27/h5-9,18-22H,1-4H3,(H,25,30)/b8-6+/t18-,19-,20-,21-,22+/m1/s1. The summed E-state index contributed by atoms with van der Waals surface area (Å²) < 4.78 is 26.1. The van der Waals surface area contributed by atoms with E-state index in [-0.39, 0.29) is 5.02 Å². The SMILES string of the molecule is CC(=O)O[C@@H]1O[C@H](OC(C)=O)[C@H](OC(C)=O)[C@H](OC(C)=O)[C@H]1NC(=O)/C=C/c1ccc(Cl)cc1Cl. The van der Waals surface area contributed by atoms with Crippen LogP contribution in [0.15, 0.2) is 24.3 Å². The average molecular weight is 532 g/mol. The molecule has 0 spiro atoms. The second-order valence-corrected chi connectivity index (χ2v) is 8.12. The highest BCUT2D eigenvalue weighted by atomic mass is 35.5. The molecule has 1 aromatic rings. The number of hydrogen-bond acceptors (Lipinski definition) is 10.